The average Bonchev–Trinajstić information content (AvgIpc) is 3.24. The number of thiophene rings is 1. The molecule has 0 spiro atoms. The van der Waals surface area contributed by atoms with Crippen molar-refractivity contribution in [3.8, 4) is 0 Å². The molecule has 2 aromatic heterocycles. The van der Waals surface area contributed by atoms with Crippen LogP contribution in [0.4, 0.5) is 0 Å². The highest BCUT2D eigenvalue weighted by Gasteiger charge is 2.27. The predicted molar refractivity (Wildman–Crippen MR) is 92.6 cm³/mol. The Balaban J connectivity index is 1.43. The number of hydrogen-bond donors (Lipinski definition) is 1. The van der Waals surface area contributed by atoms with E-state index in [9.17, 15) is 9.59 Å². The molecular weight excluding hydrogens is 324 g/mol. The molecule has 0 saturated carbocycles. The summed E-state index contributed by atoms with van der Waals surface area (Å²) in [7, 11) is 0. The molecule has 0 aliphatic carbocycles. The number of furan rings is 1. The molecule has 3 rings (SSSR count). The van der Waals surface area contributed by atoms with Crippen LogP contribution in [-0.4, -0.2) is 29.8 Å². The highest BCUT2D eigenvalue weighted by Crippen LogP contribution is 2.20. The Morgan fingerprint density at radius 2 is 2.08 bits per heavy atom. The van der Waals surface area contributed by atoms with Crippen LogP contribution >= 0.6 is 11.3 Å². The van der Waals surface area contributed by atoms with E-state index in [1.54, 1.807) is 23.7 Å². The number of piperidine rings is 1. The van der Waals surface area contributed by atoms with Gasteiger partial charge in [0.2, 0.25) is 11.8 Å². The lowest BCUT2D eigenvalue weighted by atomic mass is 9.95. The van der Waals surface area contributed by atoms with Crippen LogP contribution in [-0.2, 0) is 22.6 Å². The summed E-state index contributed by atoms with van der Waals surface area (Å²) < 4.78 is 5.21. The summed E-state index contributed by atoms with van der Waals surface area (Å²) in [5.74, 6) is 0.939. The Bertz CT molecular complexity index is 685. The Hall–Kier alpha value is -2.08. The molecule has 1 N–H and O–H groups in total. The molecule has 6 heteroatoms. The number of carbonyl (C=O) groups is 2. The highest BCUT2D eigenvalue weighted by molar-refractivity contribution is 7.12. The van der Waals surface area contributed by atoms with E-state index in [4.69, 9.17) is 4.42 Å². The van der Waals surface area contributed by atoms with Crippen molar-refractivity contribution in [3.63, 3.8) is 0 Å². The number of rotatable bonds is 5. The van der Waals surface area contributed by atoms with Crippen molar-refractivity contribution in [1.82, 2.24) is 10.2 Å². The highest BCUT2D eigenvalue weighted by atomic mass is 32.1. The first kappa shape index (κ1) is 16.8. The van der Waals surface area contributed by atoms with E-state index in [0.717, 1.165) is 23.5 Å². The molecule has 24 heavy (non-hydrogen) atoms. The van der Waals surface area contributed by atoms with Gasteiger partial charge in [-0.3, -0.25) is 9.59 Å². The fourth-order valence-electron chi connectivity index (χ4n) is 2.96. The molecule has 0 radical (unpaired) electrons. The van der Waals surface area contributed by atoms with Crippen molar-refractivity contribution in [3.05, 3.63) is 46.0 Å². The molecule has 0 unspecified atom stereocenters. The number of likely N-dealkylation sites (tertiary alicyclic amines) is 1. The van der Waals surface area contributed by atoms with Gasteiger partial charge in [-0.05, 0) is 44.0 Å². The number of hydrogen-bond acceptors (Lipinski definition) is 4. The predicted octanol–water partition coefficient (Wildman–Crippen LogP) is 2.75. The van der Waals surface area contributed by atoms with E-state index >= 15 is 0 Å². The van der Waals surface area contributed by atoms with E-state index in [1.807, 2.05) is 30.0 Å². The van der Waals surface area contributed by atoms with Crippen molar-refractivity contribution in [2.24, 2.45) is 5.92 Å². The molecule has 5 nitrogen and oxygen atoms in total. The fraction of sp³-hybridized carbons (Fsp3) is 0.444. The standard InChI is InChI=1S/C18H22N2O3S/c1-13-4-5-16(24-13)11-17(21)20-8-6-14(7-9-20)18(22)19-12-15-3-2-10-23-15/h2-5,10,14H,6-9,11-12H2,1H3,(H,19,22). The zero-order valence-corrected chi connectivity index (χ0v) is 14.6. The van der Waals surface area contributed by atoms with Gasteiger partial charge in [-0.1, -0.05) is 0 Å². The van der Waals surface area contributed by atoms with Crippen molar-refractivity contribution < 1.29 is 14.0 Å². The molecule has 0 aromatic carbocycles. The lowest BCUT2D eigenvalue weighted by molar-refractivity contribution is -0.135. The van der Waals surface area contributed by atoms with Gasteiger partial charge in [-0.25, -0.2) is 0 Å². The maximum atomic E-state index is 12.4. The normalized spacial score (nSPS) is 15.5. The van der Waals surface area contributed by atoms with Crippen molar-refractivity contribution in [2.75, 3.05) is 13.1 Å². The van der Waals surface area contributed by atoms with Crippen LogP contribution < -0.4 is 5.32 Å². The molecule has 2 amide bonds. The van der Waals surface area contributed by atoms with Crippen LogP contribution in [0.25, 0.3) is 0 Å². The third kappa shape index (κ3) is 4.26. The molecular formula is C18H22N2O3S. The van der Waals surface area contributed by atoms with E-state index in [-0.39, 0.29) is 17.7 Å². The van der Waals surface area contributed by atoms with Gasteiger partial charge in [0.05, 0.1) is 19.2 Å². The first-order chi connectivity index (χ1) is 11.6. The second kappa shape index (κ2) is 7.66. The van der Waals surface area contributed by atoms with Gasteiger partial charge in [0.25, 0.3) is 0 Å². The van der Waals surface area contributed by atoms with Gasteiger partial charge >= 0.3 is 0 Å². The second-order valence-electron chi connectivity index (χ2n) is 6.14. The molecule has 1 aliphatic rings. The molecule has 2 aromatic rings. The minimum Gasteiger partial charge on any atom is -0.467 e. The summed E-state index contributed by atoms with van der Waals surface area (Å²) in [6.07, 6.45) is 3.51. The zero-order chi connectivity index (χ0) is 16.9. The Labute approximate surface area is 145 Å². The second-order valence-corrected chi connectivity index (χ2v) is 7.51. The van der Waals surface area contributed by atoms with Crippen LogP contribution in [0.2, 0.25) is 0 Å². The first-order valence-electron chi connectivity index (χ1n) is 8.25. The number of amides is 2. The lowest BCUT2D eigenvalue weighted by Crippen LogP contribution is -2.43. The maximum absolute atomic E-state index is 12.4. The molecule has 0 bridgehead atoms. The third-order valence-electron chi connectivity index (χ3n) is 4.36. The number of carbonyl (C=O) groups excluding carboxylic acids is 2. The molecule has 3 heterocycles. The van der Waals surface area contributed by atoms with Gasteiger partial charge in [-0.2, -0.15) is 0 Å². The molecule has 1 fully saturated rings. The van der Waals surface area contributed by atoms with Gasteiger partial charge in [-0.15, -0.1) is 11.3 Å². The molecule has 1 aliphatic heterocycles. The molecule has 0 atom stereocenters. The van der Waals surface area contributed by atoms with Crippen LogP contribution in [0.15, 0.2) is 34.9 Å². The smallest absolute Gasteiger partial charge is 0.227 e. The van der Waals surface area contributed by atoms with Gasteiger partial charge in [0.1, 0.15) is 5.76 Å². The van der Waals surface area contributed by atoms with Gasteiger partial charge in [0.15, 0.2) is 0 Å². The van der Waals surface area contributed by atoms with E-state index in [2.05, 4.69) is 5.32 Å². The van der Waals surface area contributed by atoms with Crippen LogP contribution in [0.3, 0.4) is 0 Å². The Morgan fingerprint density at radius 1 is 1.29 bits per heavy atom. The zero-order valence-electron chi connectivity index (χ0n) is 13.8. The number of nitrogens with one attached hydrogen (secondary N) is 1. The monoisotopic (exact) mass is 346 g/mol. The SMILES string of the molecule is Cc1ccc(CC(=O)N2CCC(C(=O)NCc3ccco3)CC2)s1. The van der Waals surface area contributed by atoms with E-state index < -0.39 is 0 Å². The Kier molecular flexibility index (Phi) is 5.35. The van der Waals surface area contributed by atoms with Gasteiger partial charge < -0.3 is 14.6 Å². The quantitative estimate of drug-likeness (QED) is 0.905. The topological polar surface area (TPSA) is 62.6 Å². The largest absolute Gasteiger partial charge is 0.467 e. The summed E-state index contributed by atoms with van der Waals surface area (Å²) in [5.41, 5.74) is 0. The lowest BCUT2D eigenvalue weighted by Gasteiger charge is -2.31. The minimum absolute atomic E-state index is 0.0204. The summed E-state index contributed by atoms with van der Waals surface area (Å²) >= 11 is 1.67. The van der Waals surface area contributed by atoms with Crippen LogP contribution in [0, 0.1) is 12.8 Å². The number of aryl methyl sites for hydroxylation is 1. The maximum Gasteiger partial charge on any atom is 0.227 e. The van der Waals surface area contributed by atoms with E-state index in [0.29, 0.717) is 26.1 Å². The van der Waals surface area contributed by atoms with Crippen LogP contribution in [0.5, 0.6) is 0 Å². The summed E-state index contributed by atoms with van der Waals surface area (Å²) in [4.78, 5) is 28.8. The Morgan fingerprint density at radius 3 is 2.71 bits per heavy atom. The average molecular weight is 346 g/mol. The van der Waals surface area contributed by atoms with Crippen molar-refractivity contribution >= 4 is 23.2 Å². The minimum atomic E-state index is -0.0204. The first-order valence-corrected chi connectivity index (χ1v) is 9.06. The van der Waals surface area contributed by atoms with Crippen molar-refractivity contribution in [2.45, 2.75) is 32.7 Å². The molecule has 1 saturated heterocycles. The number of nitrogens with zero attached hydrogens (tertiary/aromatic N) is 1. The van der Waals surface area contributed by atoms with E-state index in [1.165, 1.54) is 4.88 Å². The molecule has 128 valence electrons. The van der Waals surface area contributed by atoms with Gasteiger partial charge in [0, 0.05) is 28.8 Å². The van der Waals surface area contributed by atoms with Crippen LogP contribution in [0.1, 0.15) is 28.4 Å². The van der Waals surface area contributed by atoms with Crippen molar-refractivity contribution in [1.29, 1.82) is 0 Å². The fourth-order valence-corrected chi connectivity index (χ4v) is 3.85. The summed E-state index contributed by atoms with van der Waals surface area (Å²) in [6.45, 7) is 3.78. The third-order valence-corrected chi connectivity index (χ3v) is 5.36. The summed E-state index contributed by atoms with van der Waals surface area (Å²) in [5, 5.41) is 2.91. The summed E-state index contributed by atoms with van der Waals surface area (Å²) in [6, 6.07) is 7.71.